The molecule has 0 radical (unpaired) electrons. The first-order valence-corrected chi connectivity index (χ1v) is 5.27. The molecule has 0 unspecified atom stereocenters. The summed E-state index contributed by atoms with van der Waals surface area (Å²) in [5.74, 6) is 0. The van der Waals surface area contributed by atoms with Gasteiger partial charge in [-0.25, -0.2) is 0 Å². The maximum Gasteiger partial charge on any atom is 0.0641 e. The van der Waals surface area contributed by atoms with Crippen LogP contribution in [0.3, 0.4) is 0 Å². The molecule has 3 heteroatoms. The first-order chi connectivity index (χ1) is 6.27. The van der Waals surface area contributed by atoms with E-state index in [-0.39, 0.29) is 6.04 Å². The molecule has 0 bridgehead atoms. The molecule has 1 aromatic carbocycles. The molecular formula is C10H12N2S. The van der Waals surface area contributed by atoms with E-state index in [1.54, 1.807) is 11.8 Å². The SMILES string of the molecule is CSc1ccc([C@H](N)CC#N)cc1. The van der Waals surface area contributed by atoms with Crippen molar-refractivity contribution < 1.29 is 0 Å². The Morgan fingerprint density at radius 1 is 1.46 bits per heavy atom. The predicted molar refractivity (Wildman–Crippen MR) is 55.4 cm³/mol. The van der Waals surface area contributed by atoms with Crippen LogP contribution in [-0.2, 0) is 0 Å². The third-order valence-corrected chi connectivity index (χ3v) is 2.60. The lowest BCUT2D eigenvalue weighted by atomic mass is 10.1. The zero-order valence-corrected chi connectivity index (χ0v) is 8.34. The average molecular weight is 192 g/mol. The topological polar surface area (TPSA) is 49.8 Å². The Balaban J connectivity index is 2.74. The molecule has 13 heavy (non-hydrogen) atoms. The van der Waals surface area contributed by atoms with E-state index >= 15 is 0 Å². The fraction of sp³-hybridized carbons (Fsp3) is 0.300. The van der Waals surface area contributed by atoms with Gasteiger partial charge in [-0.15, -0.1) is 11.8 Å². The van der Waals surface area contributed by atoms with E-state index in [0.29, 0.717) is 6.42 Å². The van der Waals surface area contributed by atoms with Gasteiger partial charge in [-0.05, 0) is 24.0 Å². The Morgan fingerprint density at radius 2 is 2.08 bits per heavy atom. The van der Waals surface area contributed by atoms with Gasteiger partial charge in [-0.1, -0.05) is 12.1 Å². The van der Waals surface area contributed by atoms with Gasteiger partial charge < -0.3 is 5.73 Å². The van der Waals surface area contributed by atoms with E-state index in [9.17, 15) is 0 Å². The quantitative estimate of drug-likeness (QED) is 0.748. The van der Waals surface area contributed by atoms with Gasteiger partial charge in [0, 0.05) is 10.9 Å². The fourth-order valence-corrected chi connectivity index (χ4v) is 1.48. The Bertz CT molecular complexity index is 300. The molecule has 68 valence electrons. The summed E-state index contributed by atoms with van der Waals surface area (Å²) >= 11 is 1.70. The van der Waals surface area contributed by atoms with Gasteiger partial charge >= 0.3 is 0 Å². The number of thioether (sulfide) groups is 1. The van der Waals surface area contributed by atoms with Gasteiger partial charge in [0.15, 0.2) is 0 Å². The van der Waals surface area contributed by atoms with Crippen molar-refractivity contribution >= 4 is 11.8 Å². The standard InChI is InChI=1S/C10H12N2S/c1-13-9-4-2-8(3-5-9)10(12)6-7-11/h2-5,10H,6,12H2,1H3/t10-/m1/s1. The lowest BCUT2D eigenvalue weighted by Gasteiger charge is -2.07. The van der Waals surface area contributed by atoms with Crippen LogP contribution in [0, 0.1) is 11.3 Å². The smallest absolute Gasteiger partial charge is 0.0641 e. The molecule has 1 atom stereocenters. The van der Waals surface area contributed by atoms with Gasteiger partial charge in [0.25, 0.3) is 0 Å². The molecule has 0 aromatic heterocycles. The minimum absolute atomic E-state index is 0.152. The molecule has 0 aliphatic rings. The summed E-state index contributed by atoms with van der Waals surface area (Å²) < 4.78 is 0. The van der Waals surface area contributed by atoms with Crippen LogP contribution < -0.4 is 5.73 Å². The zero-order chi connectivity index (χ0) is 9.68. The van der Waals surface area contributed by atoms with Crippen LogP contribution in [0.5, 0.6) is 0 Å². The third kappa shape index (κ3) is 2.76. The van der Waals surface area contributed by atoms with E-state index in [1.165, 1.54) is 4.90 Å². The second kappa shape index (κ2) is 4.90. The van der Waals surface area contributed by atoms with Gasteiger partial charge in [0.1, 0.15) is 0 Å². The van der Waals surface area contributed by atoms with Crippen molar-refractivity contribution in [3.05, 3.63) is 29.8 Å². The number of hydrogen-bond donors (Lipinski definition) is 1. The van der Waals surface area contributed by atoms with Crippen molar-refractivity contribution in [3.63, 3.8) is 0 Å². The van der Waals surface area contributed by atoms with Crippen LogP contribution in [0.25, 0.3) is 0 Å². The first kappa shape index (κ1) is 10.1. The van der Waals surface area contributed by atoms with Crippen molar-refractivity contribution in [2.75, 3.05) is 6.26 Å². The van der Waals surface area contributed by atoms with Gasteiger partial charge in [-0.3, -0.25) is 0 Å². The Hall–Kier alpha value is -0.980. The first-order valence-electron chi connectivity index (χ1n) is 4.04. The van der Waals surface area contributed by atoms with E-state index in [1.807, 2.05) is 30.5 Å². The molecule has 0 spiro atoms. The number of nitriles is 1. The molecular weight excluding hydrogens is 180 g/mol. The highest BCUT2D eigenvalue weighted by molar-refractivity contribution is 7.98. The van der Waals surface area contributed by atoms with Crippen molar-refractivity contribution in [2.45, 2.75) is 17.4 Å². The van der Waals surface area contributed by atoms with Crippen molar-refractivity contribution in [1.82, 2.24) is 0 Å². The number of rotatable bonds is 3. The minimum Gasteiger partial charge on any atom is -0.323 e. The second-order valence-corrected chi connectivity index (χ2v) is 3.62. The normalized spacial score (nSPS) is 12.1. The molecule has 1 aromatic rings. The monoisotopic (exact) mass is 192 g/mol. The Kier molecular flexibility index (Phi) is 3.81. The molecule has 2 nitrogen and oxygen atoms in total. The molecule has 0 aliphatic heterocycles. The summed E-state index contributed by atoms with van der Waals surface area (Å²) in [6.07, 6.45) is 2.41. The van der Waals surface area contributed by atoms with Crippen LogP contribution in [-0.4, -0.2) is 6.26 Å². The van der Waals surface area contributed by atoms with Crippen molar-refractivity contribution in [1.29, 1.82) is 5.26 Å². The van der Waals surface area contributed by atoms with Crippen LogP contribution in [0.4, 0.5) is 0 Å². The number of hydrogen-bond acceptors (Lipinski definition) is 3. The molecule has 0 amide bonds. The third-order valence-electron chi connectivity index (χ3n) is 1.86. The van der Waals surface area contributed by atoms with Crippen molar-refractivity contribution in [3.8, 4) is 6.07 Å². The van der Waals surface area contributed by atoms with Crippen LogP contribution >= 0.6 is 11.8 Å². The maximum atomic E-state index is 8.46. The lowest BCUT2D eigenvalue weighted by molar-refractivity contribution is 0.747. The molecule has 2 N–H and O–H groups in total. The summed E-state index contributed by atoms with van der Waals surface area (Å²) in [6.45, 7) is 0. The van der Waals surface area contributed by atoms with Gasteiger partial charge in [0.05, 0.1) is 12.5 Å². The average Bonchev–Trinajstić information content (AvgIpc) is 2.18. The molecule has 0 heterocycles. The molecule has 0 saturated heterocycles. The zero-order valence-electron chi connectivity index (χ0n) is 7.53. The summed E-state index contributed by atoms with van der Waals surface area (Å²) in [4.78, 5) is 1.22. The highest BCUT2D eigenvalue weighted by Gasteiger charge is 2.03. The summed E-state index contributed by atoms with van der Waals surface area (Å²) in [7, 11) is 0. The summed E-state index contributed by atoms with van der Waals surface area (Å²) in [5, 5.41) is 8.46. The lowest BCUT2D eigenvalue weighted by Crippen LogP contribution is -2.08. The Morgan fingerprint density at radius 3 is 2.54 bits per heavy atom. The van der Waals surface area contributed by atoms with Gasteiger partial charge in [0.2, 0.25) is 0 Å². The van der Waals surface area contributed by atoms with Crippen molar-refractivity contribution in [2.24, 2.45) is 5.73 Å². The summed E-state index contributed by atoms with van der Waals surface area (Å²) in [6, 6.07) is 9.92. The number of benzene rings is 1. The number of nitrogens with two attached hydrogens (primary N) is 1. The molecule has 1 rings (SSSR count). The predicted octanol–water partition coefficient (Wildman–Crippen LogP) is 2.32. The maximum absolute atomic E-state index is 8.46. The van der Waals surface area contributed by atoms with E-state index in [2.05, 4.69) is 6.07 Å². The van der Waals surface area contributed by atoms with Crippen LogP contribution in [0.15, 0.2) is 29.2 Å². The van der Waals surface area contributed by atoms with Crippen LogP contribution in [0.2, 0.25) is 0 Å². The summed E-state index contributed by atoms with van der Waals surface area (Å²) in [5.41, 5.74) is 6.79. The van der Waals surface area contributed by atoms with Gasteiger partial charge in [-0.2, -0.15) is 5.26 Å². The highest BCUT2D eigenvalue weighted by Crippen LogP contribution is 2.19. The van der Waals surface area contributed by atoms with E-state index in [0.717, 1.165) is 5.56 Å². The van der Waals surface area contributed by atoms with E-state index < -0.39 is 0 Å². The Labute approximate surface area is 82.7 Å². The minimum atomic E-state index is -0.152. The second-order valence-electron chi connectivity index (χ2n) is 2.74. The molecule has 0 fully saturated rings. The van der Waals surface area contributed by atoms with E-state index in [4.69, 9.17) is 11.0 Å². The molecule has 0 aliphatic carbocycles. The highest BCUT2D eigenvalue weighted by atomic mass is 32.2. The molecule has 0 saturated carbocycles. The largest absolute Gasteiger partial charge is 0.323 e. The van der Waals surface area contributed by atoms with Crippen LogP contribution in [0.1, 0.15) is 18.0 Å². The fourth-order valence-electron chi connectivity index (χ4n) is 1.07. The number of nitrogens with zero attached hydrogens (tertiary/aromatic N) is 1.